The summed E-state index contributed by atoms with van der Waals surface area (Å²) >= 11 is 6.41. The molecule has 0 radical (unpaired) electrons. The SMILES string of the molecule is Cc1nc2cc(-c3ncc(NS(=O)(=O)c4nc5[nH]c(=O)c(=O)[nH]c5cc4C)cc3Cl)ccc2o1. The van der Waals surface area contributed by atoms with Crippen molar-refractivity contribution in [2.24, 2.45) is 0 Å². The molecule has 0 atom stereocenters. The number of sulfonamides is 1. The van der Waals surface area contributed by atoms with Crippen LogP contribution in [0.5, 0.6) is 0 Å². The normalized spacial score (nSPS) is 11.9. The topological polar surface area (TPSA) is 164 Å². The number of aryl methyl sites for hydroxylation is 2. The number of oxazole rings is 1. The number of rotatable bonds is 4. The van der Waals surface area contributed by atoms with Crippen molar-refractivity contribution in [3.63, 3.8) is 0 Å². The molecule has 0 amide bonds. The summed E-state index contributed by atoms with van der Waals surface area (Å²) in [6, 6.07) is 8.14. The van der Waals surface area contributed by atoms with Crippen LogP contribution in [0.3, 0.4) is 0 Å². The first-order valence-corrected chi connectivity index (χ1v) is 11.7. The Morgan fingerprint density at radius 3 is 2.56 bits per heavy atom. The molecule has 0 fully saturated rings. The lowest BCUT2D eigenvalue weighted by atomic mass is 10.1. The third-order valence-corrected chi connectivity index (χ3v) is 6.68. The average molecular weight is 499 g/mol. The average Bonchev–Trinajstić information content (AvgIpc) is 3.13. The van der Waals surface area contributed by atoms with Gasteiger partial charge in [0.25, 0.3) is 10.0 Å². The van der Waals surface area contributed by atoms with Crippen molar-refractivity contribution in [2.45, 2.75) is 18.9 Å². The summed E-state index contributed by atoms with van der Waals surface area (Å²) in [5, 5.41) is -0.111. The van der Waals surface area contributed by atoms with Crippen LogP contribution < -0.4 is 15.8 Å². The molecule has 0 saturated heterocycles. The summed E-state index contributed by atoms with van der Waals surface area (Å²) in [7, 11) is -4.17. The first-order valence-electron chi connectivity index (χ1n) is 9.80. The third-order valence-electron chi connectivity index (χ3n) is 4.97. The van der Waals surface area contributed by atoms with Crippen molar-refractivity contribution < 1.29 is 12.8 Å². The highest BCUT2D eigenvalue weighted by atomic mass is 35.5. The van der Waals surface area contributed by atoms with Crippen molar-refractivity contribution >= 4 is 49.6 Å². The van der Waals surface area contributed by atoms with Gasteiger partial charge in [0.1, 0.15) is 5.52 Å². The molecule has 0 saturated carbocycles. The number of hydrogen-bond donors (Lipinski definition) is 3. The first kappa shape index (κ1) is 21.8. The molecular weight excluding hydrogens is 484 g/mol. The fourth-order valence-corrected chi connectivity index (χ4v) is 4.99. The van der Waals surface area contributed by atoms with Crippen LogP contribution in [0, 0.1) is 13.8 Å². The highest BCUT2D eigenvalue weighted by Crippen LogP contribution is 2.31. The second-order valence-corrected chi connectivity index (χ2v) is 9.50. The molecule has 5 aromatic rings. The Labute approximate surface area is 195 Å². The molecule has 13 heteroatoms. The minimum absolute atomic E-state index is 0.0689. The van der Waals surface area contributed by atoms with E-state index in [0.29, 0.717) is 28.2 Å². The highest BCUT2D eigenvalue weighted by molar-refractivity contribution is 7.92. The van der Waals surface area contributed by atoms with E-state index >= 15 is 0 Å². The maximum Gasteiger partial charge on any atom is 0.315 e. The second-order valence-electron chi connectivity index (χ2n) is 7.49. The van der Waals surface area contributed by atoms with E-state index in [0.717, 1.165) is 0 Å². The van der Waals surface area contributed by atoms with Crippen molar-refractivity contribution in [1.29, 1.82) is 0 Å². The van der Waals surface area contributed by atoms with Gasteiger partial charge in [-0.1, -0.05) is 11.6 Å². The number of anilines is 1. The predicted molar refractivity (Wildman–Crippen MR) is 126 cm³/mol. The second kappa shape index (κ2) is 7.78. The summed E-state index contributed by atoms with van der Waals surface area (Å²) in [5.41, 5.74) is 1.11. The lowest BCUT2D eigenvalue weighted by Crippen LogP contribution is -2.29. The van der Waals surface area contributed by atoms with Crippen molar-refractivity contribution in [1.82, 2.24) is 24.9 Å². The fourth-order valence-electron chi connectivity index (χ4n) is 3.50. The minimum Gasteiger partial charge on any atom is -0.441 e. The molecule has 4 aromatic heterocycles. The lowest BCUT2D eigenvalue weighted by Gasteiger charge is -2.11. The van der Waals surface area contributed by atoms with Gasteiger partial charge in [-0.3, -0.25) is 19.3 Å². The van der Waals surface area contributed by atoms with Gasteiger partial charge in [0.2, 0.25) is 0 Å². The first-order chi connectivity index (χ1) is 16.1. The molecule has 172 valence electrons. The number of H-pyrrole nitrogens is 2. The number of aromatic amines is 2. The zero-order valence-electron chi connectivity index (χ0n) is 17.6. The molecule has 3 N–H and O–H groups in total. The Hall–Kier alpha value is -4.03. The predicted octanol–water partition coefficient (Wildman–Crippen LogP) is 2.89. The smallest absolute Gasteiger partial charge is 0.315 e. The number of aromatic nitrogens is 5. The van der Waals surface area contributed by atoms with Gasteiger partial charge in [0.05, 0.1) is 28.1 Å². The Kier molecular flexibility index (Phi) is 4.99. The van der Waals surface area contributed by atoms with Gasteiger partial charge in [0, 0.05) is 12.5 Å². The van der Waals surface area contributed by atoms with Crippen LogP contribution in [0.15, 0.2) is 55.6 Å². The largest absolute Gasteiger partial charge is 0.441 e. The molecule has 0 unspecified atom stereocenters. The van der Waals surface area contributed by atoms with Crippen LogP contribution in [0.1, 0.15) is 11.5 Å². The summed E-state index contributed by atoms with van der Waals surface area (Å²) in [6.07, 6.45) is 1.33. The van der Waals surface area contributed by atoms with E-state index in [1.54, 1.807) is 25.1 Å². The van der Waals surface area contributed by atoms with Gasteiger partial charge in [-0.15, -0.1) is 0 Å². The summed E-state index contributed by atoms with van der Waals surface area (Å²) in [6.45, 7) is 3.26. The highest BCUT2D eigenvalue weighted by Gasteiger charge is 2.21. The molecule has 0 aliphatic carbocycles. The molecular formula is C21H15ClN6O5S. The van der Waals surface area contributed by atoms with E-state index in [1.165, 1.54) is 25.3 Å². The minimum atomic E-state index is -4.17. The van der Waals surface area contributed by atoms with E-state index in [1.807, 2.05) is 0 Å². The summed E-state index contributed by atoms with van der Waals surface area (Å²) in [5.74, 6) is 0.531. The number of halogens is 1. The lowest BCUT2D eigenvalue weighted by molar-refractivity contribution is 0.561. The molecule has 4 heterocycles. The van der Waals surface area contributed by atoms with Crippen LogP contribution >= 0.6 is 11.6 Å². The standard InChI is InChI=1S/C21H15ClN6O5S/c1-9-5-15-18(26-20(30)19(29)25-15)27-21(9)34(31,32)28-12-7-13(22)17(23-8-12)11-3-4-16-14(6-11)24-10(2)33-16/h3-8,28H,1-2H3,(H,25,29)(H,26,27,30). The van der Waals surface area contributed by atoms with Crippen LogP contribution in [-0.4, -0.2) is 33.3 Å². The monoisotopic (exact) mass is 498 g/mol. The Balaban J connectivity index is 1.49. The van der Waals surface area contributed by atoms with Crippen LogP contribution in [0.4, 0.5) is 5.69 Å². The zero-order chi connectivity index (χ0) is 24.2. The van der Waals surface area contributed by atoms with Crippen molar-refractivity contribution in [3.8, 4) is 11.3 Å². The van der Waals surface area contributed by atoms with E-state index in [4.69, 9.17) is 16.0 Å². The Bertz CT molecular complexity index is 1840. The summed E-state index contributed by atoms with van der Waals surface area (Å²) < 4.78 is 33.9. The van der Waals surface area contributed by atoms with Gasteiger partial charge in [-0.2, -0.15) is 8.42 Å². The molecule has 1 aromatic carbocycles. The molecule has 5 rings (SSSR count). The Morgan fingerprint density at radius 1 is 1.03 bits per heavy atom. The van der Waals surface area contributed by atoms with E-state index in [-0.39, 0.29) is 32.5 Å². The molecule has 0 aliphatic heterocycles. The van der Waals surface area contributed by atoms with Crippen LogP contribution in [0.25, 0.3) is 33.5 Å². The van der Waals surface area contributed by atoms with E-state index < -0.39 is 21.1 Å². The third kappa shape index (κ3) is 3.82. The van der Waals surface area contributed by atoms with Gasteiger partial charge in [-0.05, 0) is 42.8 Å². The number of nitrogens with one attached hydrogen (secondary N) is 3. The van der Waals surface area contributed by atoms with Gasteiger partial charge < -0.3 is 14.4 Å². The van der Waals surface area contributed by atoms with Gasteiger partial charge >= 0.3 is 11.1 Å². The van der Waals surface area contributed by atoms with E-state index in [9.17, 15) is 18.0 Å². The van der Waals surface area contributed by atoms with Crippen molar-refractivity contribution in [2.75, 3.05) is 4.72 Å². The molecule has 34 heavy (non-hydrogen) atoms. The van der Waals surface area contributed by atoms with Crippen LogP contribution in [-0.2, 0) is 10.0 Å². The molecule has 0 aliphatic rings. The van der Waals surface area contributed by atoms with Crippen LogP contribution in [0.2, 0.25) is 5.02 Å². The maximum absolute atomic E-state index is 13.0. The van der Waals surface area contributed by atoms with Gasteiger partial charge in [-0.25, -0.2) is 9.97 Å². The number of benzene rings is 1. The molecule has 0 spiro atoms. The van der Waals surface area contributed by atoms with Crippen molar-refractivity contribution in [3.05, 3.63) is 73.7 Å². The van der Waals surface area contributed by atoms with E-state index in [2.05, 4.69) is 29.6 Å². The van der Waals surface area contributed by atoms with Gasteiger partial charge in [0.15, 0.2) is 22.1 Å². The molecule has 0 bridgehead atoms. The Morgan fingerprint density at radius 2 is 1.79 bits per heavy atom. The fraction of sp³-hybridized carbons (Fsp3) is 0.0952. The number of hydrogen-bond acceptors (Lipinski definition) is 8. The number of nitrogens with zero attached hydrogens (tertiary/aromatic N) is 3. The zero-order valence-corrected chi connectivity index (χ0v) is 19.2. The quantitative estimate of drug-likeness (QED) is 0.318. The number of pyridine rings is 2. The molecule has 11 nitrogen and oxygen atoms in total. The maximum atomic E-state index is 13.0. The summed E-state index contributed by atoms with van der Waals surface area (Å²) in [4.78, 5) is 40.3. The number of fused-ring (bicyclic) bond motifs is 2.